The highest BCUT2D eigenvalue weighted by Crippen LogP contribution is 2.19. The van der Waals surface area contributed by atoms with Gasteiger partial charge < -0.3 is 4.74 Å². The SMILES string of the molecule is CC(C)(C)OC(=O)n1cccc1-n1cnc2ccccc21. The topological polar surface area (TPSA) is 49.0 Å². The van der Waals surface area contributed by atoms with Gasteiger partial charge >= 0.3 is 6.09 Å². The van der Waals surface area contributed by atoms with Gasteiger partial charge in [0.1, 0.15) is 17.7 Å². The molecule has 0 amide bonds. The fraction of sp³-hybridized carbons (Fsp3) is 0.250. The summed E-state index contributed by atoms with van der Waals surface area (Å²) in [4.78, 5) is 16.6. The number of carbonyl (C=O) groups excluding carboxylic acids is 1. The number of hydrogen-bond acceptors (Lipinski definition) is 3. The second-order valence-corrected chi connectivity index (χ2v) is 5.82. The third-order valence-corrected chi connectivity index (χ3v) is 3.02. The number of fused-ring (bicyclic) bond motifs is 1. The smallest absolute Gasteiger partial charge is 0.420 e. The number of ether oxygens (including phenoxy) is 1. The van der Waals surface area contributed by atoms with Crippen LogP contribution >= 0.6 is 0 Å². The summed E-state index contributed by atoms with van der Waals surface area (Å²) < 4.78 is 8.78. The molecule has 5 nitrogen and oxygen atoms in total. The van der Waals surface area contributed by atoms with Gasteiger partial charge in [-0.25, -0.2) is 14.3 Å². The summed E-state index contributed by atoms with van der Waals surface area (Å²) in [6.45, 7) is 5.54. The third kappa shape index (κ3) is 2.54. The summed E-state index contributed by atoms with van der Waals surface area (Å²) in [6, 6.07) is 11.5. The number of hydrogen-bond donors (Lipinski definition) is 0. The van der Waals surface area contributed by atoms with E-state index < -0.39 is 11.7 Å². The van der Waals surface area contributed by atoms with Crippen LogP contribution in [0.25, 0.3) is 16.9 Å². The molecular weight excluding hydrogens is 266 g/mol. The van der Waals surface area contributed by atoms with Crippen molar-refractivity contribution in [3.63, 3.8) is 0 Å². The van der Waals surface area contributed by atoms with Crippen LogP contribution < -0.4 is 0 Å². The van der Waals surface area contributed by atoms with Crippen molar-refractivity contribution in [2.45, 2.75) is 26.4 Å². The highest BCUT2D eigenvalue weighted by atomic mass is 16.6. The molecule has 0 radical (unpaired) electrons. The first-order chi connectivity index (χ1) is 9.96. The molecule has 0 aliphatic heterocycles. The Labute approximate surface area is 122 Å². The van der Waals surface area contributed by atoms with Crippen LogP contribution in [0.3, 0.4) is 0 Å². The van der Waals surface area contributed by atoms with Crippen LogP contribution in [0.1, 0.15) is 20.8 Å². The molecule has 21 heavy (non-hydrogen) atoms. The highest BCUT2D eigenvalue weighted by molar-refractivity contribution is 5.79. The number of nitrogens with zero attached hydrogens (tertiary/aromatic N) is 3. The zero-order chi connectivity index (χ0) is 15.0. The number of aromatic nitrogens is 3. The van der Waals surface area contributed by atoms with Gasteiger partial charge in [-0.05, 0) is 45.0 Å². The second-order valence-electron chi connectivity index (χ2n) is 5.82. The lowest BCUT2D eigenvalue weighted by Gasteiger charge is -2.20. The van der Waals surface area contributed by atoms with E-state index >= 15 is 0 Å². The van der Waals surface area contributed by atoms with Crippen molar-refractivity contribution in [2.75, 3.05) is 0 Å². The van der Waals surface area contributed by atoms with E-state index in [2.05, 4.69) is 4.98 Å². The van der Waals surface area contributed by atoms with Gasteiger partial charge in [0, 0.05) is 6.20 Å². The molecule has 1 aromatic carbocycles. The van der Waals surface area contributed by atoms with Crippen molar-refractivity contribution in [3.8, 4) is 5.82 Å². The number of imidazole rings is 1. The molecule has 0 fully saturated rings. The number of para-hydroxylation sites is 2. The van der Waals surface area contributed by atoms with Gasteiger partial charge in [0.05, 0.1) is 11.0 Å². The largest absolute Gasteiger partial charge is 0.443 e. The van der Waals surface area contributed by atoms with Crippen LogP contribution in [0.2, 0.25) is 0 Å². The molecule has 2 heterocycles. The van der Waals surface area contributed by atoms with E-state index in [4.69, 9.17) is 4.74 Å². The molecule has 0 bridgehead atoms. The fourth-order valence-electron chi connectivity index (χ4n) is 2.18. The lowest BCUT2D eigenvalue weighted by atomic mass is 10.2. The molecule has 108 valence electrons. The summed E-state index contributed by atoms with van der Waals surface area (Å²) in [5.41, 5.74) is 1.30. The van der Waals surface area contributed by atoms with Crippen LogP contribution in [0, 0.1) is 0 Å². The van der Waals surface area contributed by atoms with E-state index in [1.807, 2.05) is 61.7 Å². The fourth-order valence-corrected chi connectivity index (χ4v) is 2.18. The Morgan fingerprint density at radius 2 is 1.90 bits per heavy atom. The molecule has 0 aliphatic carbocycles. The standard InChI is InChI=1S/C16H17N3O2/c1-16(2,3)21-15(20)18-10-6-9-14(18)19-11-17-12-7-4-5-8-13(12)19/h4-11H,1-3H3. The maximum absolute atomic E-state index is 12.3. The zero-order valence-electron chi connectivity index (χ0n) is 12.3. The summed E-state index contributed by atoms with van der Waals surface area (Å²) in [5, 5.41) is 0. The first-order valence-electron chi connectivity index (χ1n) is 6.79. The first-order valence-corrected chi connectivity index (χ1v) is 6.79. The lowest BCUT2D eigenvalue weighted by molar-refractivity contribution is 0.0537. The minimum Gasteiger partial charge on any atom is -0.443 e. The predicted molar refractivity (Wildman–Crippen MR) is 80.7 cm³/mol. The molecule has 0 saturated carbocycles. The van der Waals surface area contributed by atoms with E-state index in [1.54, 1.807) is 12.5 Å². The molecule has 5 heteroatoms. The molecular formula is C16H17N3O2. The van der Waals surface area contributed by atoms with Gasteiger partial charge in [-0.1, -0.05) is 12.1 Å². The molecule has 0 spiro atoms. The number of rotatable bonds is 1. The number of carbonyl (C=O) groups is 1. The quantitative estimate of drug-likeness (QED) is 0.685. The average Bonchev–Trinajstić information content (AvgIpc) is 3.02. The van der Waals surface area contributed by atoms with Gasteiger partial charge in [0.15, 0.2) is 0 Å². The monoisotopic (exact) mass is 283 g/mol. The molecule has 0 aliphatic rings. The minimum atomic E-state index is -0.532. The predicted octanol–water partition coefficient (Wildman–Crippen LogP) is 3.61. The van der Waals surface area contributed by atoms with E-state index in [9.17, 15) is 4.79 Å². The Balaban J connectivity index is 2.05. The molecule has 0 unspecified atom stereocenters. The normalized spacial score (nSPS) is 11.8. The Bertz CT molecular complexity index is 793. The highest BCUT2D eigenvalue weighted by Gasteiger charge is 2.20. The van der Waals surface area contributed by atoms with Gasteiger partial charge in [-0.15, -0.1) is 0 Å². The Morgan fingerprint density at radius 3 is 2.67 bits per heavy atom. The van der Waals surface area contributed by atoms with E-state index in [0.29, 0.717) is 5.82 Å². The summed E-state index contributed by atoms with van der Waals surface area (Å²) in [5.74, 6) is 0.706. The van der Waals surface area contributed by atoms with Crippen molar-refractivity contribution >= 4 is 17.1 Å². The Morgan fingerprint density at radius 1 is 1.14 bits per heavy atom. The molecule has 0 saturated heterocycles. The Hall–Kier alpha value is -2.56. The molecule has 0 atom stereocenters. The zero-order valence-corrected chi connectivity index (χ0v) is 12.3. The van der Waals surface area contributed by atoms with Gasteiger partial charge in [0.2, 0.25) is 0 Å². The van der Waals surface area contributed by atoms with Crippen LogP contribution in [0.4, 0.5) is 4.79 Å². The van der Waals surface area contributed by atoms with E-state index in [0.717, 1.165) is 11.0 Å². The molecule has 0 N–H and O–H groups in total. The summed E-state index contributed by atoms with van der Waals surface area (Å²) in [7, 11) is 0. The maximum atomic E-state index is 12.3. The van der Waals surface area contributed by atoms with Crippen LogP contribution in [-0.2, 0) is 4.74 Å². The summed E-state index contributed by atoms with van der Waals surface area (Å²) in [6.07, 6.45) is 3.00. The van der Waals surface area contributed by atoms with Crippen LogP contribution in [0.15, 0.2) is 48.9 Å². The van der Waals surface area contributed by atoms with E-state index in [1.165, 1.54) is 4.57 Å². The summed E-state index contributed by atoms with van der Waals surface area (Å²) >= 11 is 0. The minimum absolute atomic E-state index is 0.403. The van der Waals surface area contributed by atoms with Crippen LogP contribution in [0.5, 0.6) is 0 Å². The number of benzene rings is 1. The molecule has 3 rings (SSSR count). The van der Waals surface area contributed by atoms with Gasteiger partial charge in [-0.2, -0.15) is 0 Å². The van der Waals surface area contributed by atoms with Crippen molar-refractivity contribution in [1.29, 1.82) is 0 Å². The van der Waals surface area contributed by atoms with E-state index in [-0.39, 0.29) is 0 Å². The average molecular weight is 283 g/mol. The van der Waals surface area contributed by atoms with Gasteiger partial charge in [-0.3, -0.25) is 4.57 Å². The second kappa shape index (κ2) is 4.77. The lowest BCUT2D eigenvalue weighted by Crippen LogP contribution is -2.27. The van der Waals surface area contributed by atoms with Crippen molar-refractivity contribution in [1.82, 2.24) is 14.1 Å². The molecule has 2 aromatic heterocycles. The maximum Gasteiger partial charge on any atom is 0.420 e. The first kappa shape index (κ1) is 13.4. The molecule has 3 aromatic rings. The van der Waals surface area contributed by atoms with Gasteiger partial charge in [0.25, 0.3) is 0 Å². The van der Waals surface area contributed by atoms with Crippen molar-refractivity contribution in [2.24, 2.45) is 0 Å². The van der Waals surface area contributed by atoms with Crippen LogP contribution in [-0.4, -0.2) is 25.8 Å². The Kier molecular flexibility index (Phi) is 3.05. The van der Waals surface area contributed by atoms with Crippen molar-refractivity contribution in [3.05, 3.63) is 48.9 Å². The third-order valence-electron chi connectivity index (χ3n) is 3.02. The van der Waals surface area contributed by atoms with Crippen molar-refractivity contribution < 1.29 is 9.53 Å².